The Kier molecular flexibility index (Phi) is 8.33. The van der Waals surface area contributed by atoms with E-state index in [2.05, 4.69) is 11.0 Å². The standard InChI is InChI=1S/C15H25NO3S2/c1-13(17)14-7-9-15(10-8-14)21(18,19)16-11-5-3-4-6-12-20-2/h7-10,13,16-17H,3-6,11-12H2,1-2H3. The second-order valence-corrected chi connectivity index (χ2v) is 7.80. The topological polar surface area (TPSA) is 66.4 Å². The highest BCUT2D eigenvalue weighted by atomic mass is 32.2. The number of rotatable bonds is 10. The van der Waals surface area contributed by atoms with E-state index in [1.165, 1.54) is 24.3 Å². The monoisotopic (exact) mass is 331 g/mol. The van der Waals surface area contributed by atoms with E-state index in [-0.39, 0.29) is 4.90 Å². The van der Waals surface area contributed by atoms with Crippen LogP contribution in [0.3, 0.4) is 0 Å². The molecule has 21 heavy (non-hydrogen) atoms. The molecule has 0 saturated carbocycles. The van der Waals surface area contributed by atoms with E-state index in [1.807, 2.05) is 11.8 Å². The van der Waals surface area contributed by atoms with Gasteiger partial charge < -0.3 is 5.11 Å². The van der Waals surface area contributed by atoms with Gasteiger partial charge in [-0.15, -0.1) is 0 Å². The number of aliphatic hydroxyl groups is 1. The summed E-state index contributed by atoms with van der Waals surface area (Å²) in [5.74, 6) is 1.17. The normalized spacial score (nSPS) is 13.3. The average molecular weight is 332 g/mol. The first-order valence-corrected chi connectivity index (χ1v) is 10.1. The Bertz CT molecular complexity index is 498. The van der Waals surface area contributed by atoms with Gasteiger partial charge in [0.25, 0.3) is 0 Å². The molecular formula is C15H25NO3S2. The predicted molar refractivity (Wildman–Crippen MR) is 89.1 cm³/mol. The largest absolute Gasteiger partial charge is 0.389 e. The van der Waals surface area contributed by atoms with Crippen molar-refractivity contribution in [2.24, 2.45) is 0 Å². The van der Waals surface area contributed by atoms with Crippen LogP contribution < -0.4 is 4.72 Å². The van der Waals surface area contributed by atoms with Crippen LogP contribution in [0.2, 0.25) is 0 Å². The first-order valence-electron chi connectivity index (χ1n) is 7.24. The lowest BCUT2D eigenvalue weighted by Gasteiger charge is -2.09. The van der Waals surface area contributed by atoms with E-state index in [4.69, 9.17) is 0 Å². The van der Waals surface area contributed by atoms with Gasteiger partial charge in [-0.05, 0) is 49.5 Å². The van der Waals surface area contributed by atoms with Crippen molar-refractivity contribution in [1.29, 1.82) is 0 Å². The highest BCUT2D eigenvalue weighted by Gasteiger charge is 2.13. The summed E-state index contributed by atoms with van der Waals surface area (Å²) in [6.45, 7) is 2.12. The first kappa shape index (κ1) is 18.5. The van der Waals surface area contributed by atoms with Crippen LogP contribution in [0.1, 0.15) is 44.3 Å². The minimum Gasteiger partial charge on any atom is -0.389 e. The highest BCUT2D eigenvalue weighted by Crippen LogP contribution is 2.15. The molecule has 0 aliphatic carbocycles. The van der Waals surface area contributed by atoms with E-state index in [1.54, 1.807) is 19.1 Å². The van der Waals surface area contributed by atoms with Crippen molar-refractivity contribution in [2.45, 2.75) is 43.6 Å². The van der Waals surface area contributed by atoms with Gasteiger partial charge in [0.1, 0.15) is 0 Å². The molecule has 0 amide bonds. The third kappa shape index (κ3) is 6.82. The SMILES string of the molecule is CSCCCCCCNS(=O)(=O)c1ccc(C(C)O)cc1. The van der Waals surface area contributed by atoms with Crippen LogP contribution in [0, 0.1) is 0 Å². The van der Waals surface area contributed by atoms with Gasteiger partial charge in [-0.3, -0.25) is 0 Å². The lowest BCUT2D eigenvalue weighted by Crippen LogP contribution is -2.24. The van der Waals surface area contributed by atoms with E-state index in [0.717, 1.165) is 19.3 Å². The van der Waals surface area contributed by atoms with Crippen LogP contribution in [-0.2, 0) is 10.0 Å². The van der Waals surface area contributed by atoms with Crippen LogP contribution in [0.15, 0.2) is 29.2 Å². The van der Waals surface area contributed by atoms with E-state index in [9.17, 15) is 13.5 Å². The number of nitrogens with one attached hydrogen (secondary N) is 1. The summed E-state index contributed by atoms with van der Waals surface area (Å²) in [6, 6.07) is 6.34. The lowest BCUT2D eigenvalue weighted by atomic mass is 10.1. The summed E-state index contributed by atoms with van der Waals surface area (Å²) in [6.07, 6.45) is 5.75. The molecule has 0 aliphatic heterocycles. The van der Waals surface area contributed by atoms with Crippen molar-refractivity contribution < 1.29 is 13.5 Å². The summed E-state index contributed by atoms with van der Waals surface area (Å²) in [7, 11) is -3.44. The third-order valence-corrected chi connectivity index (χ3v) is 5.41. The number of unbranched alkanes of at least 4 members (excludes halogenated alkanes) is 3. The molecule has 0 saturated heterocycles. The van der Waals surface area contributed by atoms with Crippen LogP contribution in [0.25, 0.3) is 0 Å². The zero-order chi connectivity index (χ0) is 15.7. The van der Waals surface area contributed by atoms with E-state index in [0.29, 0.717) is 12.1 Å². The molecule has 120 valence electrons. The minimum atomic E-state index is -3.44. The fourth-order valence-electron chi connectivity index (χ4n) is 1.94. The van der Waals surface area contributed by atoms with Gasteiger partial charge in [-0.25, -0.2) is 13.1 Å². The molecule has 1 aromatic carbocycles. The fraction of sp³-hybridized carbons (Fsp3) is 0.600. The predicted octanol–water partition coefficient (Wildman–Crippen LogP) is 2.94. The van der Waals surface area contributed by atoms with Gasteiger partial charge in [-0.2, -0.15) is 11.8 Å². The summed E-state index contributed by atoms with van der Waals surface area (Å²) < 4.78 is 26.8. The molecule has 0 bridgehead atoms. The van der Waals surface area contributed by atoms with E-state index >= 15 is 0 Å². The smallest absolute Gasteiger partial charge is 0.240 e. The number of benzene rings is 1. The molecule has 0 aromatic heterocycles. The molecule has 2 N–H and O–H groups in total. The molecule has 1 atom stereocenters. The quantitative estimate of drug-likeness (QED) is 0.647. The molecule has 1 unspecified atom stereocenters. The van der Waals surface area contributed by atoms with Crippen molar-refractivity contribution in [3.8, 4) is 0 Å². The Morgan fingerprint density at radius 1 is 1.14 bits per heavy atom. The number of thioether (sulfide) groups is 1. The number of hydrogen-bond acceptors (Lipinski definition) is 4. The molecule has 0 aliphatic rings. The Labute approximate surface area is 132 Å². The molecule has 0 fully saturated rings. The maximum atomic E-state index is 12.1. The Hall–Kier alpha value is -0.560. The molecule has 1 aromatic rings. The molecule has 0 spiro atoms. The van der Waals surface area contributed by atoms with Crippen molar-refractivity contribution in [3.05, 3.63) is 29.8 Å². The van der Waals surface area contributed by atoms with Crippen LogP contribution in [0.5, 0.6) is 0 Å². The Morgan fingerprint density at radius 3 is 2.33 bits per heavy atom. The molecule has 0 heterocycles. The van der Waals surface area contributed by atoms with Gasteiger partial charge in [0.15, 0.2) is 0 Å². The lowest BCUT2D eigenvalue weighted by molar-refractivity contribution is 0.199. The summed E-state index contributed by atoms with van der Waals surface area (Å²) in [4.78, 5) is 0.245. The molecular weight excluding hydrogens is 306 g/mol. The maximum Gasteiger partial charge on any atom is 0.240 e. The summed E-state index contributed by atoms with van der Waals surface area (Å²) in [5, 5.41) is 9.41. The van der Waals surface area contributed by atoms with Gasteiger partial charge >= 0.3 is 0 Å². The average Bonchev–Trinajstić information content (AvgIpc) is 2.46. The number of sulfonamides is 1. The third-order valence-electron chi connectivity index (χ3n) is 3.24. The van der Waals surface area contributed by atoms with Gasteiger partial charge in [0.05, 0.1) is 11.0 Å². The van der Waals surface area contributed by atoms with Gasteiger partial charge in [0.2, 0.25) is 10.0 Å². The second kappa shape index (κ2) is 9.46. The van der Waals surface area contributed by atoms with Gasteiger partial charge in [-0.1, -0.05) is 25.0 Å². The van der Waals surface area contributed by atoms with Crippen molar-refractivity contribution >= 4 is 21.8 Å². The van der Waals surface area contributed by atoms with Crippen LogP contribution >= 0.6 is 11.8 Å². The molecule has 4 nitrogen and oxygen atoms in total. The Morgan fingerprint density at radius 2 is 1.76 bits per heavy atom. The van der Waals surface area contributed by atoms with Crippen molar-refractivity contribution in [3.63, 3.8) is 0 Å². The van der Waals surface area contributed by atoms with E-state index < -0.39 is 16.1 Å². The summed E-state index contributed by atoms with van der Waals surface area (Å²) >= 11 is 1.84. The Balaban J connectivity index is 2.39. The zero-order valence-corrected chi connectivity index (χ0v) is 14.3. The second-order valence-electron chi connectivity index (χ2n) is 5.05. The molecule has 1 rings (SSSR count). The fourth-order valence-corrected chi connectivity index (χ4v) is 3.51. The van der Waals surface area contributed by atoms with Crippen LogP contribution in [0.4, 0.5) is 0 Å². The number of hydrogen-bond donors (Lipinski definition) is 2. The highest BCUT2D eigenvalue weighted by molar-refractivity contribution is 7.98. The molecule has 0 radical (unpaired) electrons. The van der Waals surface area contributed by atoms with Crippen LogP contribution in [-0.4, -0.2) is 32.1 Å². The van der Waals surface area contributed by atoms with Gasteiger partial charge in [0, 0.05) is 6.54 Å². The zero-order valence-electron chi connectivity index (χ0n) is 12.7. The summed E-state index contributed by atoms with van der Waals surface area (Å²) in [5.41, 5.74) is 0.711. The minimum absolute atomic E-state index is 0.245. The first-order chi connectivity index (χ1) is 9.97. The van der Waals surface area contributed by atoms with Crippen molar-refractivity contribution in [1.82, 2.24) is 4.72 Å². The maximum absolute atomic E-state index is 12.1. The molecule has 6 heteroatoms. The number of aliphatic hydroxyl groups excluding tert-OH is 1. The van der Waals surface area contributed by atoms with Crippen molar-refractivity contribution in [2.75, 3.05) is 18.6 Å².